The number of aliphatic hydroxyl groups is 1. The second-order valence-corrected chi connectivity index (χ2v) is 6.18. The molecule has 23 heavy (non-hydrogen) atoms. The number of carbonyl (C=O) groups excluding carboxylic acids is 1. The Morgan fingerprint density at radius 3 is 2.61 bits per heavy atom. The molecule has 0 aliphatic carbocycles. The van der Waals surface area contributed by atoms with Gasteiger partial charge in [0.25, 0.3) is 0 Å². The van der Waals surface area contributed by atoms with Crippen molar-refractivity contribution in [3.05, 3.63) is 42.2 Å². The molecular formula is C17H24N4O2. The maximum Gasteiger partial charge on any atom is 0.321 e. The van der Waals surface area contributed by atoms with Gasteiger partial charge in [0.1, 0.15) is 0 Å². The van der Waals surface area contributed by atoms with Gasteiger partial charge in [-0.05, 0) is 45.9 Å². The van der Waals surface area contributed by atoms with Crippen molar-refractivity contribution in [1.29, 1.82) is 0 Å². The summed E-state index contributed by atoms with van der Waals surface area (Å²) < 4.78 is 1.73. The summed E-state index contributed by atoms with van der Waals surface area (Å²) in [7, 11) is 0. The van der Waals surface area contributed by atoms with E-state index in [-0.39, 0.29) is 12.6 Å². The van der Waals surface area contributed by atoms with Gasteiger partial charge in [-0.25, -0.2) is 9.48 Å². The third kappa shape index (κ3) is 4.56. The van der Waals surface area contributed by atoms with Crippen molar-refractivity contribution in [1.82, 2.24) is 14.7 Å². The van der Waals surface area contributed by atoms with Crippen LogP contribution in [-0.4, -0.2) is 44.5 Å². The predicted molar refractivity (Wildman–Crippen MR) is 90.9 cm³/mol. The van der Waals surface area contributed by atoms with Crippen molar-refractivity contribution < 1.29 is 9.90 Å². The highest BCUT2D eigenvalue weighted by molar-refractivity contribution is 5.91. The number of aromatic nitrogens is 2. The summed E-state index contributed by atoms with van der Waals surface area (Å²) in [6, 6.07) is 9.16. The number of carbonyl (C=O) groups is 1. The number of nitrogens with one attached hydrogen (secondary N) is 1. The minimum atomic E-state index is -0.939. The van der Waals surface area contributed by atoms with E-state index in [1.165, 1.54) is 0 Å². The molecule has 2 aromatic rings. The van der Waals surface area contributed by atoms with Crippen molar-refractivity contribution >= 4 is 11.7 Å². The summed E-state index contributed by atoms with van der Waals surface area (Å²) in [4.78, 5) is 14.1. The maximum atomic E-state index is 12.5. The third-order valence-electron chi connectivity index (χ3n) is 3.36. The molecule has 0 radical (unpaired) electrons. The van der Waals surface area contributed by atoms with Gasteiger partial charge in [-0.15, -0.1) is 0 Å². The number of para-hydroxylation sites is 2. The van der Waals surface area contributed by atoms with E-state index in [1.54, 1.807) is 23.4 Å². The first-order chi connectivity index (χ1) is 10.8. The minimum absolute atomic E-state index is 0.244. The van der Waals surface area contributed by atoms with Crippen LogP contribution in [-0.2, 0) is 0 Å². The van der Waals surface area contributed by atoms with E-state index in [2.05, 4.69) is 10.4 Å². The van der Waals surface area contributed by atoms with E-state index in [4.69, 9.17) is 0 Å². The summed E-state index contributed by atoms with van der Waals surface area (Å²) in [6.07, 6.45) is 1.86. The molecule has 0 spiro atoms. The van der Waals surface area contributed by atoms with Crippen LogP contribution in [0.25, 0.3) is 5.69 Å². The molecule has 2 rings (SSSR count). The maximum absolute atomic E-state index is 12.5. The Hall–Kier alpha value is -2.34. The number of likely N-dealkylation sites (N-methyl/N-ethyl adjacent to an activating group) is 1. The highest BCUT2D eigenvalue weighted by Gasteiger charge is 2.22. The second-order valence-electron chi connectivity index (χ2n) is 6.18. The third-order valence-corrected chi connectivity index (χ3v) is 3.36. The second kappa shape index (κ2) is 6.83. The predicted octanol–water partition coefficient (Wildman–Crippen LogP) is 2.81. The zero-order valence-corrected chi connectivity index (χ0v) is 14.1. The summed E-state index contributed by atoms with van der Waals surface area (Å²) in [5.74, 6) is 0. The monoisotopic (exact) mass is 316 g/mol. The number of hydrogen-bond donors (Lipinski definition) is 2. The molecule has 6 nitrogen and oxygen atoms in total. The highest BCUT2D eigenvalue weighted by Crippen LogP contribution is 2.20. The lowest BCUT2D eigenvalue weighted by Crippen LogP contribution is -2.44. The lowest BCUT2D eigenvalue weighted by atomic mass is 10.1. The van der Waals surface area contributed by atoms with Crippen LogP contribution in [0.15, 0.2) is 36.5 Å². The van der Waals surface area contributed by atoms with Gasteiger partial charge in [-0.2, -0.15) is 5.10 Å². The first-order valence-electron chi connectivity index (χ1n) is 7.70. The lowest BCUT2D eigenvalue weighted by molar-refractivity contribution is 0.0501. The van der Waals surface area contributed by atoms with Crippen LogP contribution in [0, 0.1) is 6.92 Å². The van der Waals surface area contributed by atoms with Crippen LogP contribution in [0.3, 0.4) is 0 Å². The van der Waals surface area contributed by atoms with Crippen LogP contribution >= 0.6 is 0 Å². The van der Waals surface area contributed by atoms with E-state index >= 15 is 0 Å². The Morgan fingerprint density at radius 1 is 1.35 bits per heavy atom. The molecule has 0 aliphatic heterocycles. The number of aryl methyl sites for hydroxylation is 1. The number of urea groups is 1. The average molecular weight is 316 g/mol. The zero-order chi connectivity index (χ0) is 17.0. The van der Waals surface area contributed by atoms with Gasteiger partial charge < -0.3 is 15.3 Å². The van der Waals surface area contributed by atoms with E-state index in [0.717, 1.165) is 11.4 Å². The molecule has 6 heteroatoms. The largest absolute Gasteiger partial charge is 0.389 e. The molecule has 1 aromatic heterocycles. The highest BCUT2D eigenvalue weighted by atomic mass is 16.3. The fourth-order valence-electron chi connectivity index (χ4n) is 2.32. The Balaban J connectivity index is 2.21. The Morgan fingerprint density at radius 2 is 2.04 bits per heavy atom. The van der Waals surface area contributed by atoms with Crippen LogP contribution in [0.4, 0.5) is 10.5 Å². The molecule has 124 valence electrons. The van der Waals surface area contributed by atoms with Crippen molar-refractivity contribution in [2.75, 3.05) is 18.4 Å². The number of hydrogen-bond acceptors (Lipinski definition) is 3. The number of nitrogens with zero attached hydrogens (tertiary/aromatic N) is 3. The van der Waals surface area contributed by atoms with Gasteiger partial charge in [0.2, 0.25) is 0 Å². The van der Waals surface area contributed by atoms with Crippen LogP contribution in [0.1, 0.15) is 26.5 Å². The molecule has 1 aromatic carbocycles. The van der Waals surface area contributed by atoms with Gasteiger partial charge in [0.15, 0.2) is 0 Å². The van der Waals surface area contributed by atoms with Gasteiger partial charge >= 0.3 is 6.03 Å². The number of anilines is 1. The fraction of sp³-hybridized carbons (Fsp3) is 0.412. The summed E-state index contributed by atoms with van der Waals surface area (Å²) >= 11 is 0. The molecule has 0 bridgehead atoms. The molecule has 2 amide bonds. The van der Waals surface area contributed by atoms with Gasteiger partial charge in [-0.1, -0.05) is 12.1 Å². The smallest absolute Gasteiger partial charge is 0.321 e. The topological polar surface area (TPSA) is 70.4 Å². The number of amides is 2. The Bertz CT molecular complexity index is 673. The molecule has 2 N–H and O–H groups in total. The molecular weight excluding hydrogens is 292 g/mol. The first-order valence-corrected chi connectivity index (χ1v) is 7.70. The van der Waals surface area contributed by atoms with Gasteiger partial charge in [0, 0.05) is 12.7 Å². The molecule has 0 atom stereocenters. The van der Waals surface area contributed by atoms with E-state index in [0.29, 0.717) is 12.2 Å². The van der Waals surface area contributed by atoms with Crippen LogP contribution in [0.2, 0.25) is 0 Å². The van der Waals surface area contributed by atoms with Gasteiger partial charge in [0.05, 0.1) is 29.2 Å². The van der Waals surface area contributed by atoms with Crippen molar-refractivity contribution in [2.24, 2.45) is 0 Å². The fourth-order valence-corrected chi connectivity index (χ4v) is 2.32. The van der Waals surface area contributed by atoms with Crippen LogP contribution < -0.4 is 5.32 Å². The summed E-state index contributed by atoms with van der Waals surface area (Å²) in [6.45, 7) is 7.94. The first kappa shape index (κ1) is 17.0. The lowest BCUT2D eigenvalue weighted by Gasteiger charge is -2.28. The summed E-state index contributed by atoms with van der Waals surface area (Å²) in [5, 5.41) is 17.2. The van der Waals surface area contributed by atoms with Crippen molar-refractivity contribution in [2.45, 2.75) is 33.3 Å². The SMILES string of the molecule is CCN(CC(C)(C)O)C(=O)Nc1ccccc1-n1ccc(C)n1. The standard InChI is InChI=1S/C17H24N4O2/c1-5-20(12-17(3,4)23)16(22)18-14-8-6-7-9-15(14)21-11-10-13(2)19-21/h6-11,23H,5,12H2,1-4H3,(H,18,22). The molecule has 0 aliphatic rings. The zero-order valence-electron chi connectivity index (χ0n) is 14.1. The molecule has 1 heterocycles. The normalized spacial score (nSPS) is 11.3. The quantitative estimate of drug-likeness (QED) is 0.891. The molecule has 0 fully saturated rings. The van der Waals surface area contributed by atoms with E-state index in [1.807, 2.05) is 50.4 Å². The van der Waals surface area contributed by atoms with Gasteiger partial charge in [-0.3, -0.25) is 0 Å². The van der Waals surface area contributed by atoms with Crippen molar-refractivity contribution in [3.8, 4) is 5.69 Å². The molecule has 0 unspecified atom stereocenters. The Kier molecular flexibility index (Phi) is 5.05. The Labute approximate surface area is 136 Å². The van der Waals surface area contributed by atoms with Crippen molar-refractivity contribution in [3.63, 3.8) is 0 Å². The molecule has 0 saturated heterocycles. The van der Waals surface area contributed by atoms with E-state index in [9.17, 15) is 9.90 Å². The summed E-state index contributed by atoms with van der Waals surface area (Å²) in [5.41, 5.74) is 1.44. The number of rotatable bonds is 5. The van der Waals surface area contributed by atoms with Crippen LogP contribution in [0.5, 0.6) is 0 Å². The molecule has 0 saturated carbocycles. The van der Waals surface area contributed by atoms with E-state index < -0.39 is 5.60 Å². The minimum Gasteiger partial charge on any atom is -0.389 e. The average Bonchev–Trinajstić information content (AvgIpc) is 2.90. The number of benzene rings is 1.